The van der Waals surface area contributed by atoms with Crippen molar-refractivity contribution < 1.29 is 5.11 Å². The van der Waals surface area contributed by atoms with Crippen LogP contribution < -0.4 is 0 Å². The minimum absolute atomic E-state index is 0.456. The molecule has 0 radical (unpaired) electrons. The number of aliphatic hydroxyl groups excluding tert-OH is 1. The summed E-state index contributed by atoms with van der Waals surface area (Å²) in [5, 5.41) is 15.3. The lowest BCUT2D eigenvalue weighted by Gasteiger charge is -2.12. The molecule has 0 aliphatic heterocycles. The van der Waals surface area contributed by atoms with Gasteiger partial charge in [0.1, 0.15) is 0 Å². The van der Waals surface area contributed by atoms with Crippen molar-refractivity contribution in [3.8, 4) is 0 Å². The highest BCUT2D eigenvalue weighted by molar-refractivity contribution is 7.07. The Balaban J connectivity index is 2.05. The normalized spacial score (nSPS) is 12.6. The van der Waals surface area contributed by atoms with E-state index in [0.717, 1.165) is 11.1 Å². The average Bonchev–Trinajstić information content (AvgIpc) is 2.76. The van der Waals surface area contributed by atoms with Crippen molar-refractivity contribution in [2.45, 2.75) is 18.9 Å². The molecule has 1 nitrogen and oxygen atoms in total. The van der Waals surface area contributed by atoms with Crippen molar-refractivity contribution in [2.24, 2.45) is 0 Å². The van der Waals surface area contributed by atoms with Crippen LogP contribution in [0.5, 0.6) is 0 Å². The molecule has 1 N–H and O–H groups in total. The molecule has 0 amide bonds. The highest BCUT2D eigenvalue weighted by atomic mass is 35.5. The van der Waals surface area contributed by atoms with Crippen LogP contribution in [0.15, 0.2) is 35.0 Å². The molecule has 1 aromatic carbocycles. The third kappa shape index (κ3) is 3.46. The van der Waals surface area contributed by atoms with E-state index in [1.54, 1.807) is 29.5 Å². The Morgan fingerprint density at radius 2 is 1.82 bits per heavy atom. The third-order valence-electron chi connectivity index (χ3n) is 2.55. The zero-order chi connectivity index (χ0) is 12.3. The van der Waals surface area contributed by atoms with E-state index in [1.807, 2.05) is 16.8 Å². The van der Waals surface area contributed by atoms with Gasteiger partial charge in [0, 0.05) is 16.5 Å². The van der Waals surface area contributed by atoms with Gasteiger partial charge in [0.15, 0.2) is 0 Å². The van der Waals surface area contributed by atoms with Gasteiger partial charge < -0.3 is 5.11 Å². The second kappa shape index (κ2) is 5.87. The van der Waals surface area contributed by atoms with Gasteiger partial charge in [-0.25, -0.2) is 0 Å². The summed E-state index contributed by atoms with van der Waals surface area (Å²) >= 11 is 13.8. The van der Waals surface area contributed by atoms with Crippen molar-refractivity contribution in [1.29, 1.82) is 0 Å². The fourth-order valence-corrected chi connectivity index (χ4v) is 2.95. The average molecular weight is 287 g/mol. The number of thiophene rings is 1. The molecular weight excluding hydrogens is 275 g/mol. The van der Waals surface area contributed by atoms with Crippen LogP contribution in [0.2, 0.25) is 10.0 Å². The van der Waals surface area contributed by atoms with Gasteiger partial charge in [0.05, 0.1) is 6.10 Å². The van der Waals surface area contributed by atoms with Crippen molar-refractivity contribution in [3.63, 3.8) is 0 Å². The van der Waals surface area contributed by atoms with Crippen LogP contribution in [0.1, 0.15) is 11.1 Å². The summed E-state index contributed by atoms with van der Waals surface area (Å²) in [7, 11) is 0. The topological polar surface area (TPSA) is 20.2 Å². The van der Waals surface area contributed by atoms with Crippen LogP contribution >= 0.6 is 34.5 Å². The Labute approximate surface area is 115 Å². The van der Waals surface area contributed by atoms with Gasteiger partial charge in [-0.1, -0.05) is 29.3 Å². The molecule has 1 atom stereocenters. The quantitative estimate of drug-likeness (QED) is 0.893. The largest absolute Gasteiger partial charge is 0.392 e. The molecule has 0 saturated carbocycles. The zero-order valence-corrected chi connectivity index (χ0v) is 11.4. The summed E-state index contributed by atoms with van der Waals surface area (Å²) in [6.45, 7) is 0. The van der Waals surface area contributed by atoms with Gasteiger partial charge in [0.25, 0.3) is 0 Å². The van der Waals surface area contributed by atoms with Crippen LogP contribution in [0.4, 0.5) is 0 Å². The highest BCUT2D eigenvalue weighted by Crippen LogP contribution is 2.26. The van der Waals surface area contributed by atoms with Gasteiger partial charge in [-0.05, 0) is 46.5 Å². The Bertz CT molecular complexity index is 462. The molecule has 2 rings (SSSR count). The minimum Gasteiger partial charge on any atom is -0.392 e. The summed E-state index contributed by atoms with van der Waals surface area (Å²) in [5.41, 5.74) is 1.96. The molecule has 2 aromatic rings. The Kier molecular flexibility index (Phi) is 4.46. The highest BCUT2D eigenvalue weighted by Gasteiger charge is 2.12. The maximum Gasteiger partial charge on any atom is 0.0622 e. The summed E-state index contributed by atoms with van der Waals surface area (Å²) in [5.74, 6) is 0. The number of benzene rings is 1. The molecule has 4 heteroatoms. The minimum atomic E-state index is -0.456. The summed E-state index contributed by atoms with van der Waals surface area (Å²) in [6, 6.07) is 7.40. The van der Waals surface area contributed by atoms with Crippen molar-refractivity contribution in [3.05, 3.63) is 56.2 Å². The monoisotopic (exact) mass is 286 g/mol. The first kappa shape index (κ1) is 12.9. The second-order valence-corrected chi connectivity index (χ2v) is 5.49. The SMILES string of the molecule is OC(Cc1ccsc1)Cc1c(Cl)cccc1Cl. The lowest BCUT2D eigenvalue weighted by molar-refractivity contribution is 0.175. The predicted octanol–water partition coefficient (Wildman–Crippen LogP) is 4.20. The predicted molar refractivity (Wildman–Crippen MR) is 74.2 cm³/mol. The van der Waals surface area contributed by atoms with Gasteiger partial charge in [-0.3, -0.25) is 0 Å². The number of aliphatic hydroxyl groups is 1. The van der Waals surface area contributed by atoms with E-state index in [9.17, 15) is 5.11 Å². The fraction of sp³-hybridized carbons (Fsp3) is 0.231. The number of rotatable bonds is 4. The Morgan fingerprint density at radius 3 is 2.41 bits per heavy atom. The maximum atomic E-state index is 10.0. The molecule has 1 heterocycles. The Hall–Kier alpha value is -0.540. The summed E-state index contributed by atoms with van der Waals surface area (Å²) in [4.78, 5) is 0. The molecule has 0 bridgehead atoms. The van der Waals surface area contributed by atoms with Crippen molar-refractivity contribution in [1.82, 2.24) is 0 Å². The van der Waals surface area contributed by atoms with E-state index in [4.69, 9.17) is 23.2 Å². The molecule has 17 heavy (non-hydrogen) atoms. The van der Waals surface area contributed by atoms with Crippen LogP contribution in [0.25, 0.3) is 0 Å². The van der Waals surface area contributed by atoms with Crippen LogP contribution in [-0.4, -0.2) is 11.2 Å². The van der Waals surface area contributed by atoms with Gasteiger partial charge in [-0.15, -0.1) is 0 Å². The number of hydrogen-bond acceptors (Lipinski definition) is 2. The lowest BCUT2D eigenvalue weighted by Crippen LogP contribution is -2.14. The van der Waals surface area contributed by atoms with Gasteiger partial charge in [0.2, 0.25) is 0 Å². The lowest BCUT2D eigenvalue weighted by atomic mass is 10.0. The third-order valence-corrected chi connectivity index (χ3v) is 3.99. The molecular formula is C13H12Cl2OS. The molecule has 90 valence electrons. The smallest absolute Gasteiger partial charge is 0.0622 e. The molecule has 1 unspecified atom stereocenters. The second-order valence-electron chi connectivity index (χ2n) is 3.89. The molecule has 0 aliphatic rings. The number of halogens is 2. The van der Waals surface area contributed by atoms with E-state index in [1.165, 1.54) is 0 Å². The molecule has 1 aromatic heterocycles. The van der Waals surface area contributed by atoms with E-state index in [2.05, 4.69) is 0 Å². The van der Waals surface area contributed by atoms with E-state index in [-0.39, 0.29) is 0 Å². The summed E-state index contributed by atoms with van der Waals surface area (Å²) < 4.78 is 0. The number of hydrogen-bond donors (Lipinski definition) is 1. The van der Waals surface area contributed by atoms with Crippen LogP contribution in [0, 0.1) is 0 Å². The van der Waals surface area contributed by atoms with E-state index >= 15 is 0 Å². The van der Waals surface area contributed by atoms with Gasteiger partial charge >= 0.3 is 0 Å². The van der Waals surface area contributed by atoms with E-state index in [0.29, 0.717) is 22.9 Å². The van der Waals surface area contributed by atoms with E-state index < -0.39 is 6.10 Å². The van der Waals surface area contributed by atoms with Crippen LogP contribution in [0.3, 0.4) is 0 Å². The fourth-order valence-electron chi connectivity index (χ4n) is 1.72. The molecule has 0 spiro atoms. The maximum absolute atomic E-state index is 10.0. The van der Waals surface area contributed by atoms with Crippen LogP contribution in [-0.2, 0) is 12.8 Å². The molecule has 0 aliphatic carbocycles. The Morgan fingerprint density at radius 1 is 1.12 bits per heavy atom. The van der Waals surface area contributed by atoms with Crippen molar-refractivity contribution in [2.75, 3.05) is 0 Å². The standard InChI is InChI=1S/C13H12Cl2OS/c14-12-2-1-3-13(15)11(12)7-10(16)6-9-4-5-17-8-9/h1-5,8,10,16H,6-7H2. The van der Waals surface area contributed by atoms with Crippen molar-refractivity contribution >= 4 is 34.5 Å². The zero-order valence-electron chi connectivity index (χ0n) is 9.07. The summed E-state index contributed by atoms with van der Waals surface area (Å²) in [6.07, 6.45) is 0.654. The first-order valence-electron chi connectivity index (χ1n) is 5.29. The molecule has 0 fully saturated rings. The first-order valence-corrected chi connectivity index (χ1v) is 6.98. The molecule has 0 saturated heterocycles. The van der Waals surface area contributed by atoms with Gasteiger partial charge in [-0.2, -0.15) is 11.3 Å². The first-order chi connectivity index (χ1) is 8.16.